The monoisotopic (exact) mass is 292 g/mol. The molecule has 1 heterocycles. The lowest BCUT2D eigenvalue weighted by atomic mass is 9.84. The highest BCUT2D eigenvalue weighted by Gasteiger charge is 2.31. The predicted octanol–water partition coefficient (Wildman–Crippen LogP) is 3.41. The Balaban J connectivity index is 2.29. The lowest BCUT2D eigenvalue weighted by Crippen LogP contribution is -2.21. The van der Waals surface area contributed by atoms with Gasteiger partial charge in [-0.2, -0.15) is 4.98 Å². The molecular formula is C16H21FN2O2. The number of nitrogens with zero attached hydrogens (tertiary/aromatic N) is 2. The maximum atomic E-state index is 13.0. The van der Waals surface area contributed by atoms with E-state index >= 15 is 0 Å². The van der Waals surface area contributed by atoms with Gasteiger partial charge in [0.15, 0.2) is 5.82 Å². The molecule has 2 unspecified atom stereocenters. The lowest BCUT2D eigenvalue weighted by molar-refractivity contribution is 0.129. The quantitative estimate of drug-likeness (QED) is 0.917. The second kappa shape index (κ2) is 5.93. The first-order chi connectivity index (χ1) is 9.86. The van der Waals surface area contributed by atoms with E-state index in [1.54, 1.807) is 12.1 Å². The minimum atomic E-state index is -0.507. The minimum Gasteiger partial charge on any atom is -0.392 e. The topological polar surface area (TPSA) is 59.2 Å². The van der Waals surface area contributed by atoms with Gasteiger partial charge >= 0.3 is 0 Å². The van der Waals surface area contributed by atoms with Crippen LogP contribution in [0.5, 0.6) is 0 Å². The molecule has 0 aliphatic rings. The fourth-order valence-corrected chi connectivity index (χ4v) is 2.19. The second-order valence-electron chi connectivity index (χ2n) is 5.85. The molecule has 114 valence electrons. The molecule has 0 saturated heterocycles. The van der Waals surface area contributed by atoms with Crippen LogP contribution in [0.3, 0.4) is 0 Å². The number of halogens is 1. The summed E-state index contributed by atoms with van der Waals surface area (Å²) < 4.78 is 18.3. The van der Waals surface area contributed by atoms with Gasteiger partial charge in [-0.1, -0.05) is 31.1 Å². The van der Waals surface area contributed by atoms with E-state index in [0.29, 0.717) is 18.1 Å². The van der Waals surface area contributed by atoms with E-state index in [2.05, 4.69) is 10.1 Å². The van der Waals surface area contributed by atoms with E-state index in [0.717, 1.165) is 5.56 Å². The SMILES string of the molecule is CCC(O)C(C)c1nc(C(C)(C)c2ccc(F)cc2)no1. The van der Waals surface area contributed by atoms with E-state index in [-0.39, 0.29) is 11.7 Å². The van der Waals surface area contributed by atoms with Gasteiger partial charge < -0.3 is 9.63 Å². The second-order valence-corrected chi connectivity index (χ2v) is 5.85. The van der Waals surface area contributed by atoms with E-state index in [4.69, 9.17) is 4.52 Å². The first kappa shape index (κ1) is 15.6. The molecule has 0 fully saturated rings. The zero-order valence-corrected chi connectivity index (χ0v) is 12.8. The van der Waals surface area contributed by atoms with Crippen LogP contribution >= 0.6 is 0 Å². The highest BCUT2D eigenvalue weighted by Crippen LogP contribution is 2.31. The van der Waals surface area contributed by atoms with Gasteiger partial charge in [-0.05, 0) is 38.0 Å². The molecule has 5 heteroatoms. The van der Waals surface area contributed by atoms with Gasteiger partial charge in [0, 0.05) is 0 Å². The normalized spacial score (nSPS) is 15.0. The highest BCUT2D eigenvalue weighted by molar-refractivity contribution is 5.30. The molecule has 0 radical (unpaired) electrons. The van der Waals surface area contributed by atoms with Gasteiger partial charge in [0.1, 0.15) is 5.82 Å². The average molecular weight is 292 g/mol. The lowest BCUT2D eigenvalue weighted by Gasteiger charge is -2.21. The number of rotatable bonds is 5. The third kappa shape index (κ3) is 3.13. The molecule has 0 aliphatic carbocycles. The van der Waals surface area contributed by atoms with Gasteiger partial charge in [-0.25, -0.2) is 4.39 Å². The molecule has 1 N–H and O–H groups in total. The van der Waals surface area contributed by atoms with Crippen molar-refractivity contribution in [1.29, 1.82) is 0 Å². The Labute approximate surface area is 124 Å². The van der Waals surface area contributed by atoms with E-state index in [1.807, 2.05) is 27.7 Å². The fourth-order valence-electron chi connectivity index (χ4n) is 2.19. The number of benzene rings is 1. The van der Waals surface area contributed by atoms with Gasteiger partial charge in [-0.15, -0.1) is 0 Å². The van der Waals surface area contributed by atoms with Gasteiger partial charge in [0.2, 0.25) is 5.89 Å². The van der Waals surface area contributed by atoms with Crippen molar-refractivity contribution in [3.05, 3.63) is 47.4 Å². The predicted molar refractivity (Wildman–Crippen MR) is 77.5 cm³/mol. The molecule has 0 saturated carbocycles. The number of hydrogen-bond donors (Lipinski definition) is 1. The van der Waals surface area contributed by atoms with Crippen LogP contribution in [-0.2, 0) is 5.41 Å². The smallest absolute Gasteiger partial charge is 0.232 e. The summed E-state index contributed by atoms with van der Waals surface area (Å²) in [5.41, 5.74) is 0.409. The Morgan fingerprint density at radius 1 is 1.29 bits per heavy atom. The highest BCUT2D eigenvalue weighted by atomic mass is 19.1. The maximum Gasteiger partial charge on any atom is 0.232 e. The first-order valence-corrected chi connectivity index (χ1v) is 7.14. The molecule has 21 heavy (non-hydrogen) atoms. The van der Waals surface area contributed by atoms with Crippen molar-refractivity contribution in [1.82, 2.24) is 10.1 Å². The van der Waals surface area contributed by atoms with Crippen LogP contribution in [0.1, 0.15) is 57.3 Å². The summed E-state index contributed by atoms with van der Waals surface area (Å²) in [6, 6.07) is 6.27. The van der Waals surface area contributed by atoms with Crippen LogP contribution in [0.25, 0.3) is 0 Å². The van der Waals surface area contributed by atoms with Crippen LogP contribution < -0.4 is 0 Å². The maximum absolute atomic E-state index is 13.0. The summed E-state index contributed by atoms with van der Waals surface area (Å²) in [6.45, 7) is 7.67. The molecule has 4 nitrogen and oxygen atoms in total. The summed E-state index contributed by atoms with van der Waals surface area (Å²) in [7, 11) is 0. The summed E-state index contributed by atoms with van der Waals surface area (Å²) in [5, 5.41) is 13.9. The fraction of sp³-hybridized carbons (Fsp3) is 0.500. The molecule has 0 spiro atoms. The van der Waals surface area contributed by atoms with E-state index < -0.39 is 11.5 Å². The molecular weight excluding hydrogens is 271 g/mol. The van der Waals surface area contributed by atoms with Crippen molar-refractivity contribution < 1.29 is 14.0 Å². The average Bonchev–Trinajstić information content (AvgIpc) is 2.96. The van der Waals surface area contributed by atoms with Crippen molar-refractivity contribution in [2.24, 2.45) is 0 Å². The van der Waals surface area contributed by atoms with E-state index in [9.17, 15) is 9.50 Å². The Kier molecular flexibility index (Phi) is 4.42. The molecule has 1 aromatic carbocycles. The zero-order chi connectivity index (χ0) is 15.6. The largest absolute Gasteiger partial charge is 0.392 e. The Morgan fingerprint density at radius 3 is 2.48 bits per heavy atom. The van der Waals surface area contributed by atoms with Gasteiger partial charge in [-0.3, -0.25) is 0 Å². The standard InChI is InChI=1S/C16H21FN2O2/c1-5-13(20)10(2)14-18-15(19-21-14)16(3,4)11-6-8-12(17)9-7-11/h6-10,13,20H,5H2,1-4H3. The molecule has 1 aromatic heterocycles. The number of hydrogen-bond acceptors (Lipinski definition) is 4. The minimum absolute atomic E-state index is 0.208. The Bertz CT molecular complexity index is 593. The number of aromatic nitrogens is 2. The van der Waals surface area contributed by atoms with Crippen molar-refractivity contribution in [2.75, 3.05) is 0 Å². The third-order valence-electron chi connectivity index (χ3n) is 3.95. The van der Waals surface area contributed by atoms with Crippen molar-refractivity contribution in [2.45, 2.75) is 51.6 Å². The zero-order valence-electron chi connectivity index (χ0n) is 12.8. The van der Waals surface area contributed by atoms with Gasteiger partial charge in [0.05, 0.1) is 17.4 Å². The molecule has 0 amide bonds. The molecule has 0 bridgehead atoms. The number of aliphatic hydroxyl groups is 1. The van der Waals surface area contributed by atoms with Crippen molar-refractivity contribution in [3.8, 4) is 0 Å². The molecule has 2 aromatic rings. The first-order valence-electron chi connectivity index (χ1n) is 7.14. The third-order valence-corrected chi connectivity index (χ3v) is 3.95. The van der Waals surface area contributed by atoms with E-state index in [1.165, 1.54) is 12.1 Å². The van der Waals surface area contributed by atoms with Crippen LogP contribution in [0.15, 0.2) is 28.8 Å². The van der Waals surface area contributed by atoms with Crippen LogP contribution in [-0.4, -0.2) is 21.4 Å². The number of aliphatic hydroxyl groups excluding tert-OH is 1. The Morgan fingerprint density at radius 2 is 1.90 bits per heavy atom. The summed E-state index contributed by atoms with van der Waals surface area (Å²) in [4.78, 5) is 4.42. The van der Waals surface area contributed by atoms with Crippen molar-refractivity contribution in [3.63, 3.8) is 0 Å². The Hall–Kier alpha value is -1.75. The van der Waals surface area contributed by atoms with Crippen LogP contribution in [0, 0.1) is 5.82 Å². The molecule has 0 aliphatic heterocycles. The summed E-state index contributed by atoms with van der Waals surface area (Å²) >= 11 is 0. The van der Waals surface area contributed by atoms with Crippen LogP contribution in [0.2, 0.25) is 0 Å². The summed E-state index contributed by atoms with van der Waals surface area (Å²) in [6.07, 6.45) is 0.118. The molecule has 2 rings (SSSR count). The van der Waals surface area contributed by atoms with Crippen LogP contribution in [0.4, 0.5) is 4.39 Å². The summed E-state index contributed by atoms with van der Waals surface area (Å²) in [5.74, 6) is 0.470. The van der Waals surface area contributed by atoms with Crippen molar-refractivity contribution >= 4 is 0 Å². The molecule has 2 atom stereocenters. The van der Waals surface area contributed by atoms with Gasteiger partial charge in [0.25, 0.3) is 0 Å².